The number of carboxylic acids is 1. The molecule has 7 nitrogen and oxygen atoms in total. The van der Waals surface area contributed by atoms with Gasteiger partial charge < -0.3 is 19.7 Å². The Morgan fingerprint density at radius 2 is 1.90 bits per heavy atom. The molecule has 0 aliphatic heterocycles. The molecule has 2 N–H and O–H groups in total. The smallest absolute Gasteiger partial charge is 0.303 e. The lowest BCUT2D eigenvalue weighted by Crippen LogP contribution is -2.37. The van der Waals surface area contributed by atoms with Crippen LogP contribution in [-0.2, 0) is 14.3 Å². The van der Waals surface area contributed by atoms with Gasteiger partial charge in [0.2, 0.25) is 5.91 Å². The first-order valence-corrected chi connectivity index (χ1v) is 10.2. The molecule has 0 bridgehead atoms. The standard InChI is InChI=1S/C21H29F2N3O4/c1-3-4-5-9-26(10-6-11-30-2)21(29)14(7-8-19(27)28)20-24-17-12-15(22)16(23)13-18(17)25-20/h12-14H,3-11H2,1-2H3,(H,24,25)(H,27,28). The van der Waals surface area contributed by atoms with Crippen molar-refractivity contribution in [1.29, 1.82) is 0 Å². The fourth-order valence-corrected chi connectivity index (χ4v) is 3.34. The zero-order valence-electron chi connectivity index (χ0n) is 17.4. The van der Waals surface area contributed by atoms with Crippen LogP contribution in [0.5, 0.6) is 0 Å². The molecular formula is C21H29F2N3O4. The maximum atomic E-state index is 13.6. The van der Waals surface area contributed by atoms with Gasteiger partial charge in [0.15, 0.2) is 11.6 Å². The van der Waals surface area contributed by atoms with Crippen LogP contribution in [0.1, 0.15) is 57.2 Å². The van der Waals surface area contributed by atoms with Gasteiger partial charge in [-0.3, -0.25) is 9.59 Å². The van der Waals surface area contributed by atoms with E-state index in [4.69, 9.17) is 9.84 Å². The molecule has 0 saturated heterocycles. The van der Waals surface area contributed by atoms with E-state index in [1.165, 1.54) is 0 Å². The highest BCUT2D eigenvalue weighted by Crippen LogP contribution is 2.26. The second-order valence-electron chi connectivity index (χ2n) is 7.27. The van der Waals surface area contributed by atoms with Crippen LogP contribution >= 0.6 is 0 Å². The number of unbranched alkanes of at least 4 members (excludes halogenated alkanes) is 2. The van der Waals surface area contributed by atoms with E-state index in [1.807, 2.05) is 0 Å². The molecule has 9 heteroatoms. The van der Waals surface area contributed by atoms with Gasteiger partial charge >= 0.3 is 5.97 Å². The van der Waals surface area contributed by atoms with E-state index in [2.05, 4.69) is 16.9 Å². The van der Waals surface area contributed by atoms with Crippen LogP contribution < -0.4 is 0 Å². The van der Waals surface area contributed by atoms with Gasteiger partial charge in [0.25, 0.3) is 0 Å². The highest BCUT2D eigenvalue weighted by atomic mass is 19.2. The van der Waals surface area contributed by atoms with Crippen LogP contribution in [-0.4, -0.2) is 58.7 Å². The maximum absolute atomic E-state index is 13.6. The summed E-state index contributed by atoms with van der Waals surface area (Å²) in [4.78, 5) is 33.3. The molecule has 1 heterocycles. The third-order valence-electron chi connectivity index (χ3n) is 4.94. The Morgan fingerprint density at radius 1 is 1.20 bits per heavy atom. The average Bonchev–Trinajstić information content (AvgIpc) is 3.09. The third kappa shape index (κ3) is 6.48. The molecule has 1 aromatic heterocycles. The lowest BCUT2D eigenvalue weighted by molar-refractivity contribution is -0.137. The number of carbonyl (C=O) groups is 2. The van der Waals surface area contributed by atoms with Crippen molar-refractivity contribution in [3.63, 3.8) is 0 Å². The Morgan fingerprint density at radius 3 is 2.57 bits per heavy atom. The number of aliphatic carboxylic acids is 1. The molecule has 2 aromatic rings. The molecule has 0 saturated carbocycles. The summed E-state index contributed by atoms with van der Waals surface area (Å²) in [5, 5.41) is 9.12. The number of aromatic amines is 1. The zero-order chi connectivity index (χ0) is 22.1. The van der Waals surface area contributed by atoms with Gasteiger partial charge in [0.05, 0.1) is 17.0 Å². The molecule has 0 spiro atoms. The normalized spacial score (nSPS) is 12.3. The number of methoxy groups -OCH3 is 1. The van der Waals surface area contributed by atoms with Crippen molar-refractivity contribution in [2.45, 2.75) is 51.4 Å². The summed E-state index contributed by atoms with van der Waals surface area (Å²) in [7, 11) is 1.59. The molecule has 1 aromatic carbocycles. The van der Waals surface area contributed by atoms with Gasteiger partial charge in [0.1, 0.15) is 5.82 Å². The van der Waals surface area contributed by atoms with Gasteiger partial charge in [0, 0.05) is 45.4 Å². The summed E-state index contributed by atoms with van der Waals surface area (Å²) in [6.45, 7) is 3.59. The second-order valence-corrected chi connectivity index (χ2v) is 7.27. The topological polar surface area (TPSA) is 95.5 Å². The molecule has 166 valence electrons. The van der Waals surface area contributed by atoms with E-state index >= 15 is 0 Å². The molecule has 0 aliphatic carbocycles. The average molecular weight is 425 g/mol. The van der Waals surface area contributed by atoms with Crippen LogP contribution in [0.2, 0.25) is 0 Å². The number of fused-ring (bicyclic) bond motifs is 1. The van der Waals surface area contributed by atoms with Crippen molar-refractivity contribution in [2.24, 2.45) is 0 Å². The largest absolute Gasteiger partial charge is 0.481 e. The SMILES string of the molecule is CCCCCN(CCCOC)C(=O)C(CCC(=O)O)c1nc2cc(F)c(F)cc2[nH]1. The minimum Gasteiger partial charge on any atom is -0.481 e. The first-order chi connectivity index (χ1) is 14.4. The van der Waals surface area contributed by atoms with Crippen LogP contribution in [0.3, 0.4) is 0 Å². The van der Waals surface area contributed by atoms with Gasteiger partial charge in [-0.2, -0.15) is 0 Å². The summed E-state index contributed by atoms with van der Waals surface area (Å²) in [6.07, 6.45) is 3.26. The predicted octanol–water partition coefficient (Wildman–Crippen LogP) is 3.84. The summed E-state index contributed by atoms with van der Waals surface area (Å²) in [5.74, 6) is -3.96. The molecule has 0 radical (unpaired) electrons. The summed E-state index contributed by atoms with van der Waals surface area (Å²) in [5.41, 5.74) is 0.447. The Hall–Kier alpha value is -2.55. The molecule has 1 atom stereocenters. The monoisotopic (exact) mass is 425 g/mol. The number of aromatic nitrogens is 2. The van der Waals surface area contributed by atoms with E-state index in [-0.39, 0.29) is 35.6 Å². The van der Waals surface area contributed by atoms with E-state index < -0.39 is 23.5 Å². The summed E-state index contributed by atoms with van der Waals surface area (Å²) < 4.78 is 32.2. The van der Waals surface area contributed by atoms with Crippen molar-refractivity contribution < 1.29 is 28.2 Å². The van der Waals surface area contributed by atoms with Crippen molar-refractivity contribution in [3.8, 4) is 0 Å². The summed E-state index contributed by atoms with van der Waals surface area (Å²) in [6, 6.07) is 1.94. The molecule has 30 heavy (non-hydrogen) atoms. The number of ether oxygens (including phenoxy) is 1. The van der Waals surface area contributed by atoms with Crippen LogP contribution in [0.4, 0.5) is 8.78 Å². The number of hydrogen-bond acceptors (Lipinski definition) is 4. The number of carboxylic acid groups (broad SMARTS) is 1. The van der Waals surface area contributed by atoms with Crippen LogP contribution in [0, 0.1) is 11.6 Å². The van der Waals surface area contributed by atoms with Crippen LogP contribution in [0.15, 0.2) is 12.1 Å². The lowest BCUT2D eigenvalue weighted by Gasteiger charge is -2.26. The Balaban J connectivity index is 2.31. The Kier molecular flexibility index (Phi) is 9.16. The number of imidazole rings is 1. The first kappa shape index (κ1) is 23.7. The van der Waals surface area contributed by atoms with Gasteiger partial charge in [-0.25, -0.2) is 13.8 Å². The Labute approximate surface area is 174 Å². The lowest BCUT2D eigenvalue weighted by atomic mass is 10.00. The minimum atomic E-state index is -1.03. The highest BCUT2D eigenvalue weighted by molar-refractivity contribution is 5.85. The van der Waals surface area contributed by atoms with E-state index in [0.29, 0.717) is 26.1 Å². The highest BCUT2D eigenvalue weighted by Gasteiger charge is 2.29. The number of nitrogens with zero attached hydrogens (tertiary/aromatic N) is 2. The maximum Gasteiger partial charge on any atom is 0.303 e. The number of rotatable bonds is 13. The number of amides is 1. The van der Waals surface area contributed by atoms with Gasteiger partial charge in [-0.1, -0.05) is 19.8 Å². The molecular weight excluding hydrogens is 396 g/mol. The molecule has 1 unspecified atom stereocenters. The van der Waals surface area contributed by atoms with Crippen molar-refractivity contribution >= 4 is 22.9 Å². The molecule has 0 aliphatic rings. The number of nitrogens with one attached hydrogen (secondary N) is 1. The van der Waals surface area contributed by atoms with E-state index in [1.54, 1.807) is 12.0 Å². The second kappa shape index (κ2) is 11.6. The van der Waals surface area contributed by atoms with Crippen molar-refractivity contribution in [1.82, 2.24) is 14.9 Å². The Bertz CT molecular complexity index is 807. The van der Waals surface area contributed by atoms with Crippen molar-refractivity contribution in [3.05, 3.63) is 29.6 Å². The number of hydrogen-bond donors (Lipinski definition) is 2. The fraction of sp³-hybridized carbons (Fsp3) is 0.571. The zero-order valence-corrected chi connectivity index (χ0v) is 17.4. The number of halogens is 2. The third-order valence-corrected chi connectivity index (χ3v) is 4.94. The number of H-pyrrole nitrogens is 1. The van der Waals surface area contributed by atoms with Crippen LogP contribution in [0.25, 0.3) is 11.0 Å². The minimum absolute atomic E-state index is 0.0352. The molecule has 0 fully saturated rings. The predicted molar refractivity (Wildman–Crippen MR) is 108 cm³/mol. The van der Waals surface area contributed by atoms with Gasteiger partial charge in [-0.05, 0) is 19.3 Å². The number of carbonyl (C=O) groups excluding carboxylic acids is 1. The summed E-state index contributed by atoms with van der Waals surface area (Å²) >= 11 is 0. The van der Waals surface area contributed by atoms with Crippen molar-refractivity contribution in [2.75, 3.05) is 26.8 Å². The van der Waals surface area contributed by atoms with E-state index in [0.717, 1.165) is 31.4 Å². The fourth-order valence-electron chi connectivity index (χ4n) is 3.34. The van der Waals surface area contributed by atoms with E-state index in [9.17, 15) is 18.4 Å². The van der Waals surface area contributed by atoms with Gasteiger partial charge in [-0.15, -0.1) is 0 Å². The quantitative estimate of drug-likeness (QED) is 0.476. The molecule has 2 rings (SSSR count). The molecule has 1 amide bonds. The first-order valence-electron chi connectivity index (χ1n) is 10.2. The number of benzene rings is 1.